The minimum absolute atomic E-state index is 0.0443. The minimum atomic E-state index is -4.87. The van der Waals surface area contributed by atoms with Gasteiger partial charge in [-0.15, -0.1) is 24.8 Å². The van der Waals surface area contributed by atoms with Gasteiger partial charge in [-0.05, 0) is 22.6 Å². The monoisotopic (exact) mass is 395 g/mol. The molecular formula is C9H6ClF3INO3. The molecule has 0 spiro atoms. The predicted octanol–water partition coefficient (Wildman–Crippen LogP) is 2.95. The summed E-state index contributed by atoms with van der Waals surface area (Å²) >= 11 is 7.14. The maximum absolute atomic E-state index is 12.2. The number of hydrogen-bond acceptors (Lipinski definition) is 3. The number of carboxylic acid groups (broad SMARTS) is 1. The zero-order valence-electron chi connectivity index (χ0n) is 8.59. The molecule has 0 bridgehead atoms. The van der Waals surface area contributed by atoms with Gasteiger partial charge in [0.2, 0.25) is 0 Å². The van der Waals surface area contributed by atoms with Crippen molar-refractivity contribution in [3.63, 3.8) is 0 Å². The van der Waals surface area contributed by atoms with Crippen LogP contribution in [0.4, 0.5) is 13.2 Å². The summed E-state index contributed by atoms with van der Waals surface area (Å²) in [4.78, 5) is 14.3. The number of nitrogens with zero attached hydrogens (tertiary/aromatic N) is 1. The second-order valence-electron chi connectivity index (χ2n) is 3.11. The Kier molecular flexibility index (Phi) is 5.02. The summed E-state index contributed by atoms with van der Waals surface area (Å²) in [6, 6.07) is 0. The molecule has 0 fully saturated rings. The van der Waals surface area contributed by atoms with Gasteiger partial charge in [-0.25, -0.2) is 0 Å². The van der Waals surface area contributed by atoms with Gasteiger partial charge >= 0.3 is 12.3 Å². The van der Waals surface area contributed by atoms with Gasteiger partial charge in [-0.1, -0.05) is 0 Å². The molecule has 0 saturated carbocycles. The van der Waals surface area contributed by atoms with E-state index in [9.17, 15) is 18.0 Å². The van der Waals surface area contributed by atoms with Gasteiger partial charge in [0, 0.05) is 11.8 Å². The first kappa shape index (κ1) is 15.3. The number of aliphatic carboxylic acids is 1. The number of carbonyl (C=O) groups is 1. The Balaban J connectivity index is 3.25. The molecule has 100 valence electrons. The molecular weight excluding hydrogens is 389 g/mol. The van der Waals surface area contributed by atoms with E-state index in [-0.39, 0.29) is 20.7 Å². The average molecular weight is 396 g/mol. The smallest absolute Gasteiger partial charge is 0.481 e. The van der Waals surface area contributed by atoms with Crippen molar-refractivity contribution in [3.05, 3.63) is 21.0 Å². The minimum Gasteiger partial charge on any atom is -0.481 e. The highest BCUT2D eigenvalue weighted by molar-refractivity contribution is 14.1. The number of pyridine rings is 1. The Morgan fingerprint density at radius 2 is 2.17 bits per heavy atom. The van der Waals surface area contributed by atoms with Gasteiger partial charge in [-0.2, -0.15) is 0 Å². The highest BCUT2D eigenvalue weighted by Gasteiger charge is 2.34. The first-order valence-corrected chi connectivity index (χ1v) is 6.05. The molecule has 0 aromatic carbocycles. The molecule has 1 aromatic rings. The summed E-state index contributed by atoms with van der Waals surface area (Å²) in [6.45, 7) is 0. The summed E-state index contributed by atoms with van der Waals surface area (Å²) in [5.74, 6) is -2.03. The van der Waals surface area contributed by atoms with Gasteiger partial charge in [0.1, 0.15) is 0 Å². The van der Waals surface area contributed by atoms with Crippen molar-refractivity contribution in [2.75, 3.05) is 0 Å². The van der Waals surface area contributed by atoms with Crippen LogP contribution in [0.25, 0.3) is 0 Å². The van der Waals surface area contributed by atoms with Gasteiger partial charge in [0.05, 0.1) is 21.6 Å². The Bertz CT molecular complexity index is 467. The number of alkyl halides is 4. The van der Waals surface area contributed by atoms with E-state index < -0.39 is 24.5 Å². The van der Waals surface area contributed by atoms with Crippen LogP contribution < -0.4 is 4.74 Å². The first-order valence-electron chi connectivity index (χ1n) is 4.44. The van der Waals surface area contributed by atoms with E-state index in [1.807, 2.05) is 0 Å². The molecule has 1 N–H and O–H groups in total. The number of rotatable bonds is 4. The summed E-state index contributed by atoms with van der Waals surface area (Å²) in [5.41, 5.74) is -0.111. The quantitative estimate of drug-likeness (QED) is 0.629. The van der Waals surface area contributed by atoms with E-state index in [2.05, 4.69) is 9.72 Å². The van der Waals surface area contributed by atoms with Crippen LogP contribution in [0.1, 0.15) is 11.3 Å². The van der Waals surface area contributed by atoms with Crippen molar-refractivity contribution in [1.82, 2.24) is 4.98 Å². The SMILES string of the molecule is O=C(O)Cc1ncc(I)c(OC(F)(F)F)c1CCl. The summed E-state index contributed by atoms with van der Waals surface area (Å²) < 4.78 is 40.6. The van der Waals surface area contributed by atoms with Crippen molar-refractivity contribution in [2.45, 2.75) is 18.7 Å². The molecule has 18 heavy (non-hydrogen) atoms. The van der Waals surface area contributed by atoms with Crippen molar-refractivity contribution < 1.29 is 27.8 Å². The molecule has 0 aliphatic heterocycles. The zero-order valence-corrected chi connectivity index (χ0v) is 11.5. The molecule has 0 aliphatic carbocycles. The molecule has 0 unspecified atom stereocenters. The Labute approximate surface area is 118 Å². The normalized spacial score (nSPS) is 11.4. The Morgan fingerprint density at radius 1 is 1.56 bits per heavy atom. The summed E-state index contributed by atoms with van der Waals surface area (Å²) in [7, 11) is 0. The van der Waals surface area contributed by atoms with Crippen LogP contribution in [-0.4, -0.2) is 22.4 Å². The zero-order chi connectivity index (χ0) is 13.9. The van der Waals surface area contributed by atoms with E-state index >= 15 is 0 Å². The summed E-state index contributed by atoms with van der Waals surface area (Å²) in [6.07, 6.45) is -4.29. The van der Waals surface area contributed by atoms with Crippen LogP contribution in [0.15, 0.2) is 6.20 Å². The lowest BCUT2D eigenvalue weighted by atomic mass is 10.1. The first-order chi connectivity index (χ1) is 8.24. The molecule has 4 nitrogen and oxygen atoms in total. The second-order valence-corrected chi connectivity index (χ2v) is 4.54. The van der Waals surface area contributed by atoms with Gasteiger partial charge < -0.3 is 9.84 Å². The lowest BCUT2D eigenvalue weighted by Crippen LogP contribution is -2.20. The van der Waals surface area contributed by atoms with Crippen molar-refractivity contribution in [3.8, 4) is 5.75 Å². The molecule has 0 atom stereocenters. The topological polar surface area (TPSA) is 59.4 Å². The van der Waals surface area contributed by atoms with Crippen LogP contribution in [0.2, 0.25) is 0 Å². The van der Waals surface area contributed by atoms with Crippen molar-refractivity contribution >= 4 is 40.2 Å². The number of hydrogen-bond donors (Lipinski definition) is 1. The van der Waals surface area contributed by atoms with E-state index in [1.54, 1.807) is 22.6 Å². The van der Waals surface area contributed by atoms with Crippen LogP contribution in [0, 0.1) is 3.57 Å². The van der Waals surface area contributed by atoms with Crippen molar-refractivity contribution in [1.29, 1.82) is 0 Å². The number of halogens is 5. The van der Waals surface area contributed by atoms with Gasteiger partial charge in [0.15, 0.2) is 5.75 Å². The third kappa shape index (κ3) is 4.16. The highest BCUT2D eigenvalue weighted by atomic mass is 127. The highest BCUT2D eigenvalue weighted by Crippen LogP contribution is 2.33. The van der Waals surface area contributed by atoms with Gasteiger partial charge in [0.25, 0.3) is 0 Å². The van der Waals surface area contributed by atoms with Crippen LogP contribution in [0.5, 0.6) is 5.75 Å². The maximum atomic E-state index is 12.2. The molecule has 0 radical (unpaired) electrons. The molecule has 0 amide bonds. The van der Waals surface area contributed by atoms with E-state index in [1.165, 1.54) is 0 Å². The third-order valence-corrected chi connectivity index (χ3v) is 2.88. The van der Waals surface area contributed by atoms with Crippen LogP contribution >= 0.6 is 34.2 Å². The molecule has 0 saturated heterocycles. The molecule has 1 rings (SSSR count). The second kappa shape index (κ2) is 5.91. The maximum Gasteiger partial charge on any atom is 0.573 e. The molecule has 0 aliphatic rings. The van der Waals surface area contributed by atoms with E-state index in [4.69, 9.17) is 16.7 Å². The van der Waals surface area contributed by atoms with Crippen LogP contribution in [0.3, 0.4) is 0 Å². The number of carboxylic acids is 1. The molecule has 1 heterocycles. The number of ether oxygens (including phenoxy) is 1. The molecule has 1 aromatic heterocycles. The van der Waals surface area contributed by atoms with Crippen molar-refractivity contribution in [2.24, 2.45) is 0 Å². The standard InChI is InChI=1S/C9H6ClF3INO3/c10-2-4-6(1-7(16)17)15-3-5(14)8(4)18-9(11,12)13/h3H,1-2H2,(H,16,17). The Morgan fingerprint density at radius 3 is 2.61 bits per heavy atom. The predicted molar refractivity (Wildman–Crippen MR) is 64.5 cm³/mol. The lowest BCUT2D eigenvalue weighted by Gasteiger charge is -2.15. The lowest BCUT2D eigenvalue weighted by molar-refractivity contribution is -0.275. The van der Waals surface area contributed by atoms with E-state index in [0.29, 0.717) is 0 Å². The fraction of sp³-hybridized carbons (Fsp3) is 0.333. The fourth-order valence-electron chi connectivity index (χ4n) is 1.21. The molecule has 9 heteroatoms. The van der Waals surface area contributed by atoms with Crippen LogP contribution in [-0.2, 0) is 17.1 Å². The average Bonchev–Trinajstić information content (AvgIpc) is 2.20. The third-order valence-electron chi connectivity index (χ3n) is 1.84. The van der Waals surface area contributed by atoms with E-state index in [0.717, 1.165) is 6.20 Å². The summed E-state index contributed by atoms with van der Waals surface area (Å²) in [5, 5.41) is 8.63. The van der Waals surface area contributed by atoms with Gasteiger partial charge in [-0.3, -0.25) is 9.78 Å². The fourth-order valence-corrected chi connectivity index (χ4v) is 2.06. The largest absolute Gasteiger partial charge is 0.573 e. The number of aromatic nitrogens is 1. The Hall–Kier alpha value is -0.770.